The predicted octanol–water partition coefficient (Wildman–Crippen LogP) is 4.37. The Kier molecular flexibility index (Phi) is 7.43. The van der Waals surface area contributed by atoms with Crippen LogP contribution in [0.3, 0.4) is 0 Å². The highest BCUT2D eigenvalue weighted by Gasteiger charge is 2.24. The summed E-state index contributed by atoms with van der Waals surface area (Å²) in [6, 6.07) is 11.1. The SMILES string of the molecule is COc1ncc(NC(=O)c2cc(NC(C)=O)ccc2Cl)cc1S(=O)(=O)Nc1c(C)cccc1C. The van der Waals surface area contributed by atoms with Crippen molar-refractivity contribution < 1.29 is 22.7 Å². The first-order valence-electron chi connectivity index (χ1n) is 10.0. The van der Waals surface area contributed by atoms with Crippen molar-refractivity contribution in [3.8, 4) is 5.88 Å². The average Bonchev–Trinajstić information content (AvgIpc) is 2.77. The van der Waals surface area contributed by atoms with Gasteiger partial charge in [0.25, 0.3) is 15.9 Å². The van der Waals surface area contributed by atoms with Crippen molar-refractivity contribution in [1.82, 2.24) is 4.98 Å². The maximum Gasteiger partial charge on any atom is 0.267 e. The molecule has 0 saturated heterocycles. The Labute approximate surface area is 202 Å². The summed E-state index contributed by atoms with van der Waals surface area (Å²) in [6.07, 6.45) is 1.26. The summed E-state index contributed by atoms with van der Waals surface area (Å²) >= 11 is 6.15. The number of methoxy groups -OCH3 is 1. The van der Waals surface area contributed by atoms with E-state index in [1.165, 1.54) is 38.4 Å². The lowest BCUT2D eigenvalue weighted by Gasteiger charge is -2.15. The number of halogens is 1. The molecular formula is C23H23ClN4O5S. The molecule has 11 heteroatoms. The van der Waals surface area contributed by atoms with Gasteiger partial charge in [0, 0.05) is 12.6 Å². The van der Waals surface area contributed by atoms with Crippen molar-refractivity contribution in [1.29, 1.82) is 0 Å². The van der Waals surface area contributed by atoms with E-state index in [0.717, 1.165) is 11.1 Å². The molecule has 2 amide bonds. The van der Waals surface area contributed by atoms with E-state index in [0.29, 0.717) is 11.4 Å². The van der Waals surface area contributed by atoms with E-state index in [4.69, 9.17) is 16.3 Å². The van der Waals surface area contributed by atoms with Crippen LogP contribution in [0.1, 0.15) is 28.4 Å². The zero-order chi connectivity index (χ0) is 25.0. The molecule has 0 aliphatic carbocycles. The molecule has 9 nitrogen and oxygen atoms in total. The number of carbonyl (C=O) groups excluding carboxylic acids is 2. The third kappa shape index (κ3) is 5.64. The molecule has 0 bridgehead atoms. The second kappa shape index (κ2) is 10.1. The van der Waals surface area contributed by atoms with Crippen molar-refractivity contribution in [3.05, 3.63) is 70.4 Å². The second-order valence-electron chi connectivity index (χ2n) is 7.43. The van der Waals surface area contributed by atoms with Crippen LogP contribution in [0.25, 0.3) is 0 Å². The molecule has 3 N–H and O–H groups in total. The zero-order valence-corrected chi connectivity index (χ0v) is 20.5. The summed E-state index contributed by atoms with van der Waals surface area (Å²) in [5.41, 5.74) is 2.51. The van der Waals surface area contributed by atoms with E-state index in [-0.39, 0.29) is 33.0 Å². The van der Waals surface area contributed by atoms with Gasteiger partial charge in [-0.1, -0.05) is 29.8 Å². The Balaban J connectivity index is 1.94. The van der Waals surface area contributed by atoms with Gasteiger partial charge in [0.1, 0.15) is 0 Å². The summed E-state index contributed by atoms with van der Waals surface area (Å²) in [5.74, 6) is -1.06. The minimum absolute atomic E-state index is 0.0850. The molecule has 0 aliphatic heterocycles. The van der Waals surface area contributed by atoms with Crippen molar-refractivity contribution in [2.45, 2.75) is 25.7 Å². The summed E-state index contributed by atoms with van der Waals surface area (Å²) in [6.45, 7) is 4.91. The molecule has 34 heavy (non-hydrogen) atoms. The van der Waals surface area contributed by atoms with Crippen molar-refractivity contribution in [3.63, 3.8) is 0 Å². The number of hydrogen-bond donors (Lipinski definition) is 3. The van der Waals surface area contributed by atoms with Gasteiger partial charge in [-0.15, -0.1) is 0 Å². The van der Waals surface area contributed by atoms with E-state index in [9.17, 15) is 18.0 Å². The third-order valence-electron chi connectivity index (χ3n) is 4.81. The van der Waals surface area contributed by atoms with Crippen LogP contribution < -0.4 is 20.1 Å². The number of pyridine rings is 1. The fourth-order valence-electron chi connectivity index (χ4n) is 3.19. The summed E-state index contributed by atoms with van der Waals surface area (Å²) in [5, 5.41) is 5.31. The molecule has 178 valence electrons. The lowest BCUT2D eigenvalue weighted by Crippen LogP contribution is -2.18. The highest BCUT2D eigenvalue weighted by Crippen LogP contribution is 2.29. The molecule has 0 saturated carbocycles. The lowest BCUT2D eigenvalue weighted by molar-refractivity contribution is -0.114. The van der Waals surface area contributed by atoms with Crippen LogP contribution >= 0.6 is 11.6 Å². The second-order valence-corrected chi connectivity index (χ2v) is 9.49. The van der Waals surface area contributed by atoms with Crippen LogP contribution in [0, 0.1) is 13.8 Å². The largest absolute Gasteiger partial charge is 0.480 e. The van der Waals surface area contributed by atoms with E-state index in [1.807, 2.05) is 6.07 Å². The highest BCUT2D eigenvalue weighted by molar-refractivity contribution is 7.92. The molecule has 0 radical (unpaired) electrons. The number of amides is 2. The molecule has 1 aromatic heterocycles. The number of nitrogens with one attached hydrogen (secondary N) is 3. The van der Waals surface area contributed by atoms with Gasteiger partial charge in [-0.2, -0.15) is 0 Å². The Morgan fingerprint density at radius 3 is 2.29 bits per heavy atom. The summed E-state index contributed by atoms with van der Waals surface area (Å²) < 4.78 is 34.1. The molecule has 0 unspecified atom stereocenters. The normalized spacial score (nSPS) is 11.0. The number of benzene rings is 2. The number of hydrogen-bond acceptors (Lipinski definition) is 6. The maximum atomic E-state index is 13.2. The van der Waals surface area contributed by atoms with Crippen LogP contribution in [0.15, 0.2) is 53.6 Å². The fourth-order valence-corrected chi connectivity index (χ4v) is 4.74. The van der Waals surface area contributed by atoms with Gasteiger partial charge in [-0.25, -0.2) is 13.4 Å². The minimum atomic E-state index is -4.11. The van der Waals surface area contributed by atoms with E-state index in [1.54, 1.807) is 32.0 Å². The van der Waals surface area contributed by atoms with Crippen LogP contribution in [0.4, 0.5) is 17.1 Å². The van der Waals surface area contributed by atoms with E-state index < -0.39 is 15.9 Å². The van der Waals surface area contributed by atoms with Gasteiger partial charge in [0.15, 0.2) is 4.90 Å². The van der Waals surface area contributed by atoms with Gasteiger partial charge in [0.05, 0.1) is 35.3 Å². The minimum Gasteiger partial charge on any atom is -0.480 e. The molecule has 2 aromatic carbocycles. The number of nitrogens with zero attached hydrogens (tertiary/aromatic N) is 1. The van der Waals surface area contributed by atoms with Crippen molar-refractivity contribution in [2.24, 2.45) is 0 Å². The molecule has 0 atom stereocenters. The number of ether oxygens (including phenoxy) is 1. The fraction of sp³-hybridized carbons (Fsp3) is 0.174. The van der Waals surface area contributed by atoms with E-state index >= 15 is 0 Å². The highest BCUT2D eigenvalue weighted by atomic mass is 35.5. The number of anilines is 3. The first-order valence-corrected chi connectivity index (χ1v) is 11.9. The predicted molar refractivity (Wildman–Crippen MR) is 131 cm³/mol. The number of rotatable bonds is 7. The van der Waals surface area contributed by atoms with E-state index in [2.05, 4.69) is 20.3 Å². The number of carbonyl (C=O) groups is 2. The first-order chi connectivity index (χ1) is 16.0. The lowest BCUT2D eigenvalue weighted by atomic mass is 10.1. The molecule has 0 aliphatic rings. The number of aromatic nitrogens is 1. The first kappa shape index (κ1) is 25.0. The van der Waals surface area contributed by atoms with Gasteiger partial charge in [0.2, 0.25) is 11.8 Å². The van der Waals surface area contributed by atoms with Gasteiger partial charge in [-0.05, 0) is 49.2 Å². The molecule has 1 heterocycles. The topological polar surface area (TPSA) is 126 Å². The molecule has 0 fully saturated rings. The number of para-hydroxylation sites is 1. The Morgan fingerprint density at radius 1 is 1.00 bits per heavy atom. The number of aryl methyl sites for hydroxylation is 2. The van der Waals surface area contributed by atoms with Crippen LogP contribution in [0.5, 0.6) is 5.88 Å². The Hall–Kier alpha value is -3.63. The van der Waals surface area contributed by atoms with Crippen molar-refractivity contribution in [2.75, 3.05) is 22.5 Å². The molecule has 3 aromatic rings. The number of sulfonamides is 1. The summed E-state index contributed by atoms with van der Waals surface area (Å²) in [4.78, 5) is 27.9. The molecule has 0 spiro atoms. The maximum absolute atomic E-state index is 13.2. The molecular weight excluding hydrogens is 480 g/mol. The Bertz CT molecular complexity index is 1360. The van der Waals surface area contributed by atoms with Crippen molar-refractivity contribution >= 4 is 50.5 Å². The van der Waals surface area contributed by atoms with Gasteiger partial charge in [-0.3, -0.25) is 14.3 Å². The monoisotopic (exact) mass is 502 g/mol. The van der Waals surface area contributed by atoms with Crippen LogP contribution in [-0.4, -0.2) is 32.3 Å². The Morgan fingerprint density at radius 2 is 1.68 bits per heavy atom. The van der Waals surface area contributed by atoms with Crippen LogP contribution in [0.2, 0.25) is 5.02 Å². The quantitative estimate of drug-likeness (QED) is 0.440. The van der Waals surface area contributed by atoms with Gasteiger partial charge < -0.3 is 15.4 Å². The smallest absolute Gasteiger partial charge is 0.267 e. The standard InChI is InChI=1S/C23H23ClN4O5S/c1-13-6-5-7-14(2)21(13)28-34(31,32)20-11-17(12-25-23(20)33-4)27-22(30)18-10-16(26-15(3)29)8-9-19(18)24/h5-12,28H,1-4H3,(H,26,29)(H,27,30). The van der Waals surface area contributed by atoms with Gasteiger partial charge >= 0.3 is 0 Å². The van der Waals surface area contributed by atoms with Crippen LogP contribution in [-0.2, 0) is 14.8 Å². The average molecular weight is 503 g/mol. The zero-order valence-electron chi connectivity index (χ0n) is 18.9. The third-order valence-corrected chi connectivity index (χ3v) is 6.48. The molecule has 3 rings (SSSR count). The summed E-state index contributed by atoms with van der Waals surface area (Å²) in [7, 11) is -2.82.